The molecule has 1 rings (SSSR count). The Labute approximate surface area is 113 Å². The lowest BCUT2D eigenvalue weighted by Gasteiger charge is -2.07. The number of amides is 1. The number of nitrogens with one attached hydrogen (secondary N) is 2. The van der Waals surface area contributed by atoms with Gasteiger partial charge in [0.2, 0.25) is 5.91 Å². The van der Waals surface area contributed by atoms with Crippen molar-refractivity contribution in [3.8, 4) is 0 Å². The fourth-order valence-corrected chi connectivity index (χ4v) is 1.54. The molecule has 0 radical (unpaired) electrons. The fourth-order valence-electron chi connectivity index (χ4n) is 1.37. The van der Waals surface area contributed by atoms with Crippen LogP contribution in [0.3, 0.4) is 0 Å². The molecule has 3 nitrogen and oxygen atoms in total. The van der Waals surface area contributed by atoms with Gasteiger partial charge in [0.25, 0.3) is 0 Å². The Morgan fingerprint density at radius 2 is 2.12 bits per heavy atom. The summed E-state index contributed by atoms with van der Waals surface area (Å²) in [6.07, 6.45) is 1.33. The summed E-state index contributed by atoms with van der Waals surface area (Å²) in [7, 11) is 1.87. The second-order valence-corrected chi connectivity index (χ2v) is 4.15. The van der Waals surface area contributed by atoms with Crippen LogP contribution in [0.4, 0.5) is 5.69 Å². The Morgan fingerprint density at radius 1 is 1.41 bits per heavy atom. The molecule has 1 aromatic carbocycles. The molecule has 0 heterocycles. The number of hydrogen-bond acceptors (Lipinski definition) is 2. The summed E-state index contributed by atoms with van der Waals surface area (Å²) < 4.78 is 0. The summed E-state index contributed by atoms with van der Waals surface area (Å²) in [5.74, 6) is 0.00255. The minimum Gasteiger partial charge on any atom is -0.325 e. The van der Waals surface area contributed by atoms with E-state index in [1.165, 1.54) is 0 Å². The van der Waals surface area contributed by atoms with E-state index in [0.717, 1.165) is 18.5 Å². The van der Waals surface area contributed by atoms with Crippen molar-refractivity contribution in [1.29, 1.82) is 0 Å². The summed E-state index contributed by atoms with van der Waals surface area (Å²) in [6, 6.07) is 5.58. The number of rotatable bonds is 5. The van der Waals surface area contributed by atoms with Crippen molar-refractivity contribution in [2.24, 2.45) is 0 Å². The minimum atomic E-state index is 0. The van der Waals surface area contributed by atoms with Crippen molar-refractivity contribution in [2.45, 2.75) is 19.8 Å². The number of aryl methyl sites for hydroxylation is 1. The third-order valence-electron chi connectivity index (χ3n) is 2.23. The van der Waals surface area contributed by atoms with E-state index in [0.29, 0.717) is 17.1 Å². The van der Waals surface area contributed by atoms with Crippen molar-refractivity contribution in [3.05, 3.63) is 28.8 Å². The molecule has 1 amide bonds. The van der Waals surface area contributed by atoms with Crippen LogP contribution in [0.15, 0.2) is 18.2 Å². The minimum absolute atomic E-state index is 0. The van der Waals surface area contributed by atoms with Gasteiger partial charge in [0.1, 0.15) is 0 Å². The van der Waals surface area contributed by atoms with Crippen molar-refractivity contribution in [1.82, 2.24) is 5.32 Å². The van der Waals surface area contributed by atoms with Crippen LogP contribution in [0, 0.1) is 6.92 Å². The van der Waals surface area contributed by atoms with E-state index >= 15 is 0 Å². The molecule has 0 aliphatic carbocycles. The van der Waals surface area contributed by atoms with E-state index in [9.17, 15) is 4.79 Å². The van der Waals surface area contributed by atoms with Gasteiger partial charge in [-0.1, -0.05) is 17.7 Å². The van der Waals surface area contributed by atoms with Gasteiger partial charge in [-0.25, -0.2) is 0 Å². The second kappa shape index (κ2) is 8.34. The standard InChI is InChI=1S/C12H17ClN2O.ClH/c1-9-5-6-10(13)11(8-9)15-12(16)4-3-7-14-2;/h5-6,8,14H,3-4,7H2,1-2H3,(H,15,16);1H. The molecule has 0 saturated heterocycles. The molecule has 5 heteroatoms. The SMILES string of the molecule is CNCCCC(=O)Nc1cc(C)ccc1Cl.Cl. The Morgan fingerprint density at radius 3 is 2.76 bits per heavy atom. The first kappa shape index (κ1) is 16.2. The number of anilines is 1. The number of halogens is 2. The quantitative estimate of drug-likeness (QED) is 0.812. The molecule has 0 fully saturated rings. The lowest BCUT2D eigenvalue weighted by Crippen LogP contribution is -2.15. The first-order valence-corrected chi connectivity index (χ1v) is 5.72. The molecule has 0 spiro atoms. The zero-order valence-electron chi connectivity index (χ0n) is 10.0. The van der Waals surface area contributed by atoms with Crippen LogP contribution in [-0.2, 0) is 4.79 Å². The molecular weight excluding hydrogens is 259 g/mol. The van der Waals surface area contributed by atoms with Crippen LogP contribution in [0.25, 0.3) is 0 Å². The normalized spacial score (nSPS) is 9.59. The number of benzene rings is 1. The lowest BCUT2D eigenvalue weighted by molar-refractivity contribution is -0.116. The van der Waals surface area contributed by atoms with Crippen LogP contribution in [0.1, 0.15) is 18.4 Å². The molecule has 0 aliphatic rings. The van der Waals surface area contributed by atoms with E-state index in [1.54, 1.807) is 6.07 Å². The molecule has 0 aliphatic heterocycles. The Hall–Kier alpha value is -0.770. The maximum atomic E-state index is 11.6. The van der Waals surface area contributed by atoms with E-state index < -0.39 is 0 Å². The van der Waals surface area contributed by atoms with Crippen molar-refractivity contribution in [3.63, 3.8) is 0 Å². The number of carbonyl (C=O) groups is 1. The van der Waals surface area contributed by atoms with Crippen molar-refractivity contribution in [2.75, 3.05) is 18.9 Å². The van der Waals surface area contributed by atoms with Gasteiger partial charge in [-0.3, -0.25) is 4.79 Å². The number of carbonyl (C=O) groups excluding carboxylic acids is 1. The van der Waals surface area contributed by atoms with Gasteiger partial charge < -0.3 is 10.6 Å². The highest BCUT2D eigenvalue weighted by Gasteiger charge is 2.05. The topological polar surface area (TPSA) is 41.1 Å². The van der Waals surface area contributed by atoms with Gasteiger partial charge in [0, 0.05) is 6.42 Å². The summed E-state index contributed by atoms with van der Waals surface area (Å²) in [4.78, 5) is 11.6. The maximum Gasteiger partial charge on any atom is 0.224 e. The van der Waals surface area contributed by atoms with Crippen LogP contribution < -0.4 is 10.6 Å². The number of hydrogen-bond donors (Lipinski definition) is 2. The van der Waals surface area contributed by atoms with Crippen LogP contribution in [0.5, 0.6) is 0 Å². The fraction of sp³-hybridized carbons (Fsp3) is 0.417. The first-order chi connectivity index (χ1) is 7.63. The summed E-state index contributed by atoms with van der Waals surface area (Å²) in [5, 5.41) is 6.39. The third-order valence-corrected chi connectivity index (χ3v) is 2.56. The highest BCUT2D eigenvalue weighted by Crippen LogP contribution is 2.22. The largest absolute Gasteiger partial charge is 0.325 e. The molecule has 96 valence electrons. The molecular formula is C12H18Cl2N2O. The molecule has 0 saturated carbocycles. The zero-order valence-corrected chi connectivity index (χ0v) is 11.6. The molecule has 17 heavy (non-hydrogen) atoms. The lowest BCUT2D eigenvalue weighted by atomic mass is 10.2. The molecule has 0 aromatic heterocycles. The first-order valence-electron chi connectivity index (χ1n) is 5.34. The van der Waals surface area contributed by atoms with E-state index in [1.807, 2.05) is 26.1 Å². The van der Waals surface area contributed by atoms with Crippen LogP contribution >= 0.6 is 24.0 Å². The van der Waals surface area contributed by atoms with Crippen molar-refractivity contribution < 1.29 is 4.79 Å². The Bertz CT molecular complexity index is 370. The second-order valence-electron chi connectivity index (χ2n) is 3.74. The molecule has 0 unspecified atom stereocenters. The highest BCUT2D eigenvalue weighted by molar-refractivity contribution is 6.33. The van der Waals surface area contributed by atoms with Gasteiger partial charge in [0.15, 0.2) is 0 Å². The van der Waals surface area contributed by atoms with Crippen LogP contribution in [-0.4, -0.2) is 19.5 Å². The average molecular weight is 277 g/mol. The van der Waals surface area contributed by atoms with Gasteiger partial charge in [-0.05, 0) is 44.6 Å². The predicted molar refractivity (Wildman–Crippen MR) is 75.2 cm³/mol. The maximum absolute atomic E-state index is 11.6. The molecule has 0 bridgehead atoms. The predicted octanol–water partition coefficient (Wildman–Crippen LogP) is 3.01. The Kier molecular flexibility index (Phi) is 7.96. The zero-order chi connectivity index (χ0) is 12.0. The highest BCUT2D eigenvalue weighted by atomic mass is 35.5. The molecule has 1 aromatic rings. The summed E-state index contributed by atoms with van der Waals surface area (Å²) >= 11 is 5.97. The van der Waals surface area contributed by atoms with E-state index in [-0.39, 0.29) is 18.3 Å². The summed E-state index contributed by atoms with van der Waals surface area (Å²) in [6.45, 7) is 2.81. The van der Waals surface area contributed by atoms with Gasteiger partial charge in [0.05, 0.1) is 10.7 Å². The molecule has 2 N–H and O–H groups in total. The van der Waals surface area contributed by atoms with Crippen LogP contribution in [0.2, 0.25) is 5.02 Å². The third kappa shape index (κ3) is 5.91. The average Bonchev–Trinajstić information content (AvgIpc) is 2.24. The monoisotopic (exact) mass is 276 g/mol. The van der Waals surface area contributed by atoms with E-state index in [2.05, 4.69) is 10.6 Å². The molecule has 0 atom stereocenters. The van der Waals surface area contributed by atoms with Gasteiger partial charge in [-0.2, -0.15) is 0 Å². The van der Waals surface area contributed by atoms with E-state index in [4.69, 9.17) is 11.6 Å². The Balaban J connectivity index is 0.00000256. The van der Waals surface area contributed by atoms with Crippen molar-refractivity contribution >= 4 is 35.6 Å². The van der Waals surface area contributed by atoms with Gasteiger partial charge >= 0.3 is 0 Å². The smallest absolute Gasteiger partial charge is 0.224 e. The summed E-state index contributed by atoms with van der Waals surface area (Å²) in [5.41, 5.74) is 1.77. The van der Waals surface area contributed by atoms with Gasteiger partial charge in [-0.15, -0.1) is 12.4 Å².